The van der Waals surface area contributed by atoms with E-state index in [0.29, 0.717) is 19.4 Å². The molecular weight excluding hydrogens is 282 g/mol. The highest BCUT2D eigenvalue weighted by Gasteiger charge is 2.51. The van der Waals surface area contributed by atoms with Crippen LogP contribution in [-0.4, -0.2) is 53.3 Å². The Morgan fingerprint density at radius 2 is 1.86 bits per heavy atom. The minimum Gasteiger partial charge on any atom is -0.344 e. The number of likely N-dealkylation sites (N-methyl/N-ethyl adjacent to an activating group) is 1. The summed E-state index contributed by atoms with van der Waals surface area (Å²) >= 11 is 0. The summed E-state index contributed by atoms with van der Waals surface area (Å²) in [6, 6.07) is -0.413. The number of urea groups is 1. The number of unbranched alkanes of at least 4 members (excludes halogenated alkanes) is 1. The van der Waals surface area contributed by atoms with Crippen molar-refractivity contribution in [3.63, 3.8) is 0 Å². The van der Waals surface area contributed by atoms with Crippen LogP contribution in [0.4, 0.5) is 4.79 Å². The number of nitrogens with zero attached hydrogens (tertiary/aromatic N) is 2. The first-order valence-corrected chi connectivity index (χ1v) is 8.38. The molecule has 6 heteroatoms. The fourth-order valence-corrected chi connectivity index (χ4v) is 3.27. The number of carbonyl (C=O) groups is 3. The summed E-state index contributed by atoms with van der Waals surface area (Å²) in [5, 5.41) is 2.86. The monoisotopic (exact) mass is 309 g/mol. The topological polar surface area (TPSA) is 69.7 Å². The third kappa shape index (κ3) is 3.42. The SMILES string of the molecule is CCCCN(C)C(=O)CN1C(=O)NC2(CCCCCC2)C1=O. The van der Waals surface area contributed by atoms with Gasteiger partial charge in [-0.05, 0) is 19.3 Å². The van der Waals surface area contributed by atoms with E-state index >= 15 is 0 Å². The zero-order valence-corrected chi connectivity index (χ0v) is 13.7. The van der Waals surface area contributed by atoms with Gasteiger partial charge in [-0.15, -0.1) is 0 Å². The first-order valence-electron chi connectivity index (χ1n) is 8.38. The highest BCUT2D eigenvalue weighted by molar-refractivity contribution is 6.09. The van der Waals surface area contributed by atoms with Crippen LogP contribution in [0.1, 0.15) is 58.3 Å². The van der Waals surface area contributed by atoms with E-state index in [2.05, 4.69) is 12.2 Å². The fraction of sp³-hybridized carbons (Fsp3) is 0.812. The Bertz CT molecular complexity index is 442. The molecule has 1 aliphatic carbocycles. The number of imide groups is 1. The molecule has 2 fully saturated rings. The third-order valence-corrected chi connectivity index (χ3v) is 4.77. The van der Waals surface area contributed by atoms with E-state index in [1.165, 1.54) is 0 Å². The van der Waals surface area contributed by atoms with Gasteiger partial charge in [-0.1, -0.05) is 39.0 Å². The number of rotatable bonds is 5. The molecule has 0 atom stereocenters. The van der Waals surface area contributed by atoms with Crippen LogP contribution in [0.2, 0.25) is 0 Å². The third-order valence-electron chi connectivity index (χ3n) is 4.77. The zero-order chi connectivity index (χ0) is 16.2. The van der Waals surface area contributed by atoms with Crippen molar-refractivity contribution >= 4 is 17.8 Å². The van der Waals surface area contributed by atoms with Crippen molar-refractivity contribution in [2.75, 3.05) is 20.1 Å². The summed E-state index contributed by atoms with van der Waals surface area (Å²) in [7, 11) is 1.72. The maximum absolute atomic E-state index is 12.7. The number of hydrogen-bond acceptors (Lipinski definition) is 3. The van der Waals surface area contributed by atoms with E-state index in [-0.39, 0.29) is 18.4 Å². The molecule has 1 heterocycles. The van der Waals surface area contributed by atoms with Crippen LogP contribution in [-0.2, 0) is 9.59 Å². The Morgan fingerprint density at radius 3 is 2.45 bits per heavy atom. The van der Waals surface area contributed by atoms with E-state index in [9.17, 15) is 14.4 Å². The van der Waals surface area contributed by atoms with E-state index in [1.54, 1.807) is 11.9 Å². The molecule has 0 radical (unpaired) electrons. The van der Waals surface area contributed by atoms with Gasteiger partial charge in [-0.2, -0.15) is 0 Å². The van der Waals surface area contributed by atoms with Crippen LogP contribution in [0.5, 0.6) is 0 Å². The van der Waals surface area contributed by atoms with Gasteiger partial charge in [0.1, 0.15) is 12.1 Å². The molecule has 22 heavy (non-hydrogen) atoms. The summed E-state index contributed by atoms with van der Waals surface area (Å²) in [4.78, 5) is 39.7. The molecule has 0 aromatic rings. The van der Waals surface area contributed by atoms with Crippen LogP contribution >= 0.6 is 0 Å². The van der Waals surface area contributed by atoms with Crippen LogP contribution in [0, 0.1) is 0 Å². The van der Waals surface area contributed by atoms with Gasteiger partial charge in [0.15, 0.2) is 0 Å². The fourth-order valence-electron chi connectivity index (χ4n) is 3.27. The molecule has 4 amide bonds. The standard InChI is InChI=1S/C16H27N3O3/c1-3-4-11-18(2)13(20)12-19-14(21)16(17-15(19)22)9-7-5-6-8-10-16/h3-12H2,1-2H3,(H,17,22). The Balaban J connectivity index is 2.01. The number of nitrogens with one attached hydrogen (secondary N) is 1. The second-order valence-corrected chi connectivity index (χ2v) is 6.49. The minimum atomic E-state index is -0.754. The molecule has 1 aliphatic heterocycles. The van der Waals surface area contributed by atoms with Gasteiger partial charge < -0.3 is 10.2 Å². The quantitative estimate of drug-likeness (QED) is 0.788. The second-order valence-electron chi connectivity index (χ2n) is 6.49. The summed E-state index contributed by atoms with van der Waals surface area (Å²) in [6.45, 7) is 2.57. The van der Waals surface area contributed by atoms with Crippen LogP contribution < -0.4 is 5.32 Å². The average Bonchev–Trinajstić information content (AvgIpc) is 2.68. The molecule has 2 aliphatic rings. The van der Waals surface area contributed by atoms with Gasteiger partial charge in [-0.3, -0.25) is 14.5 Å². The van der Waals surface area contributed by atoms with E-state index in [0.717, 1.165) is 43.4 Å². The lowest BCUT2D eigenvalue weighted by molar-refractivity contribution is -0.138. The summed E-state index contributed by atoms with van der Waals surface area (Å²) in [6.07, 6.45) is 7.40. The molecule has 1 saturated carbocycles. The molecular formula is C16H27N3O3. The van der Waals surface area contributed by atoms with Crippen LogP contribution in [0.3, 0.4) is 0 Å². The van der Waals surface area contributed by atoms with Gasteiger partial charge in [0, 0.05) is 13.6 Å². The van der Waals surface area contributed by atoms with E-state index < -0.39 is 11.6 Å². The van der Waals surface area contributed by atoms with Crippen molar-refractivity contribution < 1.29 is 14.4 Å². The van der Waals surface area contributed by atoms with E-state index in [4.69, 9.17) is 0 Å². The highest BCUT2D eigenvalue weighted by atomic mass is 16.2. The molecule has 0 unspecified atom stereocenters. The number of carbonyl (C=O) groups excluding carboxylic acids is 3. The predicted octanol–water partition coefficient (Wildman–Crippen LogP) is 1.89. The Labute approximate surface area is 132 Å². The molecule has 0 aromatic carbocycles. The van der Waals surface area contributed by atoms with Crippen molar-refractivity contribution in [2.45, 2.75) is 63.8 Å². The van der Waals surface area contributed by atoms with Gasteiger partial charge >= 0.3 is 6.03 Å². The largest absolute Gasteiger partial charge is 0.344 e. The summed E-state index contributed by atoms with van der Waals surface area (Å²) in [5.74, 6) is -0.390. The van der Waals surface area contributed by atoms with Gasteiger partial charge in [-0.25, -0.2) is 4.79 Å². The summed E-state index contributed by atoms with van der Waals surface area (Å²) in [5.41, 5.74) is -0.754. The van der Waals surface area contributed by atoms with Crippen molar-refractivity contribution in [3.05, 3.63) is 0 Å². The first kappa shape index (κ1) is 16.8. The minimum absolute atomic E-state index is 0.146. The van der Waals surface area contributed by atoms with Crippen LogP contribution in [0.25, 0.3) is 0 Å². The Hall–Kier alpha value is -1.59. The second kappa shape index (κ2) is 7.11. The molecule has 124 valence electrons. The van der Waals surface area contributed by atoms with Crippen molar-refractivity contribution in [1.82, 2.24) is 15.1 Å². The molecule has 2 rings (SSSR count). The molecule has 6 nitrogen and oxygen atoms in total. The normalized spacial score (nSPS) is 20.9. The number of amides is 4. The molecule has 0 bridgehead atoms. The van der Waals surface area contributed by atoms with Crippen molar-refractivity contribution in [2.24, 2.45) is 0 Å². The maximum atomic E-state index is 12.7. The molecule has 0 aromatic heterocycles. The predicted molar refractivity (Wildman–Crippen MR) is 83.2 cm³/mol. The van der Waals surface area contributed by atoms with Gasteiger partial charge in [0.2, 0.25) is 5.91 Å². The van der Waals surface area contributed by atoms with Crippen molar-refractivity contribution in [3.8, 4) is 0 Å². The Kier molecular flexibility index (Phi) is 5.42. The highest BCUT2D eigenvalue weighted by Crippen LogP contribution is 2.32. The zero-order valence-electron chi connectivity index (χ0n) is 13.7. The van der Waals surface area contributed by atoms with Gasteiger partial charge in [0.05, 0.1) is 0 Å². The van der Waals surface area contributed by atoms with Crippen LogP contribution in [0.15, 0.2) is 0 Å². The van der Waals surface area contributed by atoms with Crippen molar-refractivity contribution in [1.29, 1.82) is 0 Å². The smallest absolute Gasteiger partial charge is 0.325 e. The average molecular weight is 309 g/mol. The van der Waals surface area contributed by atoms with Gasteiger partial charge in [0.25, 0.3) is 5.91 Å². The molecule has 1 spiro atoms. The summed E-state index contributed by atoms with van der Waals surface area (Å²) < 4.78 is 0. The maximum Gasteiger partial charge on any atom is 0.325 e. The van der Waals surface area contributed by atoms with E-state index in [1.807, 2.05) is 0 Å². The lowest BCUT2D eigenvalue weighted by atomic mass is 9.90. The lowest BCUT2D eigenvalue weighted by Crippen LogP contribution is -2.47. The lowest BCUT2D eigenvalue weighted by Gasteiger charge is -2.25. The molecule has 1 saturated heterocycles. The Morgan fingerprint density at radius 1 is 1.23 bits per heavy atom. The first-order chi connectivity index (χ1) is 10.5. The molecule has 1 N–H and O–H groups in total. The number of hydrogen-bond donors (Lipinski definition) is 1.